The molecular formula is C27H29N3O2. The van der Waals surface area contributed by atoms with Crippen LogP contribution in [0.4, 0.5) is 5.82 Å². The first-order valence-corrected chi connectivity index (χ1v) is 10.7. The Morgan fingerprint density at radius 3 is 2.19 bits per heavy atom. The number of anilines is 1. The minimum Gasteiger partial charge on any atom is -0.497 e. The van der Waals surface area contributed by atoms with Gasteiger partial charge in [0.05, 0.1) is 19.9 Å². The van der Waals surface area contributed by atoms with E-state index in [4.69, 9.17) is 14.6 Å². The van der Waals surface area contributed by atoms with E-state index >= 15 is 0 Å². The van der Waals surface area contributed by atoms with Crippen LogP contribution in [0, 0.1) is 13.8 Å². The number of rotatable bonds is 7. The van der Waals surface area contributed by atoms with E-state index in [-0.39, 0.29) is 0 Å². The van der Waals surface area contributed by atoms with E-state index < -0.39 is 0 Å². The summed E-state index contributed by atoms with van der Waals surface area (Å²) in [5.74, 6) is 2.51. The van der Waals surface area contributed by atoms with Crippen molar-refractivity contribution in [1.29, 1.82) is 0 Å². The molecule has 5 heteroatoms. The molecule has 0 saturated carbocycles. The van der Waals surface area contributed by atoms with Gasteiger partial charge in [-0.25, -0.2) is 0 Å². The largest absolute Gasteiger partial charge is 0.497 e. The van der Waals surface area contributed by atoms with Gasteiger partial charge in [0.2, 0.25) is 0 Å². The molecule has 4 aromatic rings. The molecule has 0 radical (unpaired) electrons. The number of ether oxygens (including phenoxy) is 2. The fraction of sp³-hybridized carbons (Fsp3) is 0.222. The Bertz CT molecular complexity index is 1230. The fourth-order valence-electron chi connectivity index (χ4n) is 3.71. The van der Waals surface area contributed by atoms with Gasteiger partial charge in [0.1, 0.15) is 17.3 Å². The summed E-state index contributed by atoms with van der Waals surface area (Å²) < 4.78 is 12.6. The Morgan fingerprint density at radius 1 is 0.781 bits per heavy atom. The molecule has 0 fully saturated rings. The summed E-state index contributed by atoms with van der Waals surface area (Å²) in [5, 5.41) is 8.15. The number of aryl methyl sites for hydroxylation is 3. The second kappa shape index (κ2) is 9.18. The van der Waals surface area contributed by atoms with Crippen molar-refractivity contribution < 1.29 is 9.47 Å². The van der Waals surface area contributed by atoms with Crippen molar-refractivity contribution in [3.63, 3.8) is 0 Å². The second-order valence-corrected chi connectivity index (χ2v) is 7.95. The Kier molecular flexibility index (Phi) is 6.17. The van der Waals surface area contributed by atoms with E-state index in [9.17, 15) is 0 Å². The molecule has 0 amide bonds. The molecule has 32 heavy (non-hydrogen) atoms. The van der Waals surface area contributed by atoms with Crippen LogP contribution in [0.5, 0.6) is 11.5 Å². The summed E-state index contributed by atoms with van der Waals surface area (Å²) >= 11 is 0. The predicted molar refractivity (Wildman–Crippen MR) is 130 cm³/mol. The average Bonchev–Trinajstić information content (AvgIpc) is 3.19. The molecule has 4 rings (SSSR count). The summed E-state index contributed by atoms with van der Waals surface area (Å²) in [5.41, 5.74) is 8.13. The Hall–Kier alpha value is -3.73. The zero-order chi connectivity index (χ0) is 22.7. The van der Waals surface area contributed by atoms with Crippen LogP contribution in [-0.4, -0.2) is 24.0 Å². The van der Waals surface area contributed by atoms with Crippen LogP contribution in [0.2, 0.25) is 0 Å². The third-order valence-electron chi connectivity index (χ3n) is 5.85. The molecule has 1 heterocycles. The van der Waals surface area contributed by atoms with Gasteiger partial charge in [0, 0.05) is 36.9 Å². The van der Waals surface area contributed by atoms with Crippen molar-refractivity contribution in [2.24, 2.45) is 7.05 Å². The lowest BCUT2D eigenvalue weighted by molar-refractivity contribution is 0.391. The maximum absolute atomic E-state index is 5.50. The van der Waals surface area contributed by atoms with Crippen molar-refractivity contribution in [3.8, 4) is 33.9 Å². The summed E-state index contributed by atoms with van der Waals surface area (Å²) in [7, 11) is 5.26. The Labute approximate surface area is 189 Å². The lowest BCUT2D eigenvalue weighted by Crippen LogP contribution is -2.05. The van der Waals surface area contributed by atoms with E-state index in [0.29, 0.717) is 6.54 Å². The maximum atomic E-state index is 5.50. The molecule has 0 aliphatic rings. The van der Waals surface area contributed by atoms with Gasteiger partial charge in [-0.05, 0) is 48.2 Å². The number of methoxy groups -OCH3 is 2. The second-order valence-electron chi connectivity index (χ2n) is 7.95. The van der Waals surface area contributed by atoms with Gasteiger partial charge >= 0.3 is 0 Å². The van der Waals surface area contributed by atoms with Crippen molar-refractivity contribution in [1.82, 2.24) is 9.78 Å². The number of aromatic nitrogens is 2. The summed E-state index contributed by atoms with van der Waals surface area (Å²) in [4.78, 5) is 0. The zero-order valence-corrected chi connectivity index (χ0v) is 19.3. The standard InChI is InChI=1S/C27H29N3O2/c1-18-6-7-22(14-19(18)2)20-8-10-21(11-9-20)25-16-27(30(3)29-25)28-17-23-12-13-24(31-4)15-26(23)32-5/h6-16,28H,17H2,1-5H3. The third-order valence-corrected chi connectivity index (χ3v) is 5.85. The van der Waals surface area contributed by atoms with Gasteiger partial charge < -0.3 is 14.8 Å². The Morgan fingerprint density at radius 2 is 1.50 bits per heavy atom. The highest BCUT2D eigenvalue weighted by Crippen LogP contribution is 2.28. The summed E-state index contributed by atoms with van der Waals surface area (Å²) in [6.07, 6.45) is 0. The molecular weight excluding hydrogens is 398 g/mol. The first-order chi connectivity index (χ1) is 15.5. The van der Waals surface area contributed by atoms with E-state index in [2.05, 4.69) is 67.7 Å². The lowest BCUT2D eigenvalue weighted by Gasteiger charge is -2.12. The number of nitrogens with one attached hydrogen (secondary N) is 1. The smallest absolute Gasteiger partial charge is 0.127 e. The van der Waals surface area contributed by atoms with Gasteiger partial charge in [0.15, 0.2) is 0 Å². The molecule has 0 bridgehead atoms. The van der Waals surface area contributed by atoms with Crippen LogP contribution in [0.25, 0.3) is 22.4 Å². The normalized spacial score (nSPS) is 10.8. The maximum Gasteiger partial charge on any atom is 0.127 e. The molecule has 3 aromatic carbocycles. The molecule has 0 atom stereocenters. The highest BCUT2D eigenvalue weighted by molar-refractivity contribution is 5.70. The molecule has 1 N–H and O–H groups in total. The van der Waals surface area contributed by atoms with Crippen molar-refractivity contribution in [2.45, 2.75) is 20.4 Å². The molecule has 0 aliphatic heterocycles. The van der Waals surface area contributed by atoms with Crippen molar-refractivity contribution in [3.05, 3.63) is 83.4 Å². The van der Waals surface area contributed by atoms with E-state index in [1.54, 1.807) is 14.2 Å². The molecule has 5 nitrogen and oxygen atoms in total. The van der Waals surface area contributed by atoms with Gasteiger partial charge in [-0.15, -0.1) is 0 Å². The van der Waals surface area contributed by atoms with Gasteiger partial charge in [-0.1, -0.05) is 42.5 Å². The highest BCUT2D eigenvalue weighted by Gasteiger charge is 2.10. The topological polar surface area (TPSA) is 48.3 Å². The Balaban J connectivity index is 1.50. The third kappa shape index (κ3) is 4.47. The molecule has 0 saturated heterocycles. The van der Waals surface area contributed by atoms with E-state index in [1.807, 2.05) is 29.9 Å². The molecule has 0 aliphatic carbocycles. The minimum atomic E-state index is 0.623. The van der Waals surface area contributed by atoms with Crippen LogP contribution < -0.4 is 14.8 Å². The molecule has 0 unspecified atom stereocenters. The van der Waals surface area contributed by atoms with Gasteiger partial charge in [-0.3, -0.25) is 4.68 Å². The first-order valence-electron chi connectivity index (χ1n) is 10.7. The minimum absolute atomic E-state index is 0.623. The van der Waals surface area contributed by atoms with Crippen LogP contribution in [0.1, 0.15) is 16.7 Å². The number of benzene rings is 3. The first kappa shape index (κ1) is 21.5. The van der Waals surface area contributed by atoms with Gasteiger partial charge in [-0.2, -0.15) is 5.10 Å². The SMILES string of the molecule is COc1ccc(CNc2cc(-c3ccc(-c4ccc(C)c(C)c4)cc3)nn2C)c(OC)c1. The van der Waals surface area contributed by atoms with Crippen LogP contribution >= 0.6 is 0 Å². The lowest BCUT2D eigenvalue weighted by atomic mass is 9.99. The molecule has 1 aromatic heterocycles. The highest BCUT2D eigenvalue weighted by atomic mass is 16.5. The zero-order valence-electron chi connectivity index (χ0n) is 19.3. The van der Waals surface area contributed by atoms with Gasteiger partial charge in [0.25, 0.3) is 0 Å². The van der Waals surface area contributed by atoms with Crippen molar-refractivity contribution >= 4 is 5.82 Å². The number of nitrogens with zero attached hydrogens (tertiary/aromatic N) is 2. The van der Waals surface area contributed by atoms with Crippen LogP contribution in [0.15, 0.2) is 66.7 Å². The predicted octanol–water partition coefficient (Wildman–Crippen LogP) is 6.00. The summed E-state index contributed by atoms with van der Waals surface area (Å²) in [6.45, 7) is 4.91. The molecule has 0 spiro atoms. The quantitative estimate of drug-likeness (QED) is 0.393. The van der Waals surface area contributed by atoms with Crippen molar-refractivity contribution in [2.75, 3.05) is 19.5 Å². The van der Waals surface area contributed by atoms with E-state index in [0.717, 1.165) is 34.1 Å². The summed E-state index contributed by atoms with van der Waals surface area (Å²) in [6, 6.07) is 23.1. The molecule has 164 valence electrons. The van der Waals surface area contributed by atoms with Crippen LogP contribution in [0.3, 0.4) is 0 Å². The monoisotopic (exact) mass is 427 g/mol. The fourth-order valence-corrected chi connectivity index (χ4v) is 3.71. The van der Waals surface area contributed by atoms with E-state index in [1.165, 1.54) is 22.3 Å². The average molecular weight is 428 g/mol. The van der Waals surface area contributed by atoms with Crippen LogP contribution in [-0.2, 0) is 13.6 Å². The number of hydrogen-bond acceptors (Lipinski definition) is 4. The number of hydrogen-bond donors (Lipinski definition) is 1.